The molecule has 3 nitrogen and oxygen atoms in total. The number of furan rings is 1. The summed E-state index contributed by atoms with van der Waals surface area (Å²) in [6, 6.07) is 40.4. The predicted molar refractivity (Wildman–Crippen MR) is 166 cm³/mol. The fraction of sp³-hybridized carbons (Fsp3) is 0.167. The van der Waals surface area contributed by atoms with Crippen molar-refractivity contribution in [3.8, 4) is 33.6 Å². The number of hydrogen-bond acceptors (Lipinski definition) is 3. The van der Waals surface area contributed by atoms with Gasteiger partial charge in [-0.3, -0.25) is 0 Å². The molecular weight excluding hydrogens is 491 g/mol. The highest BCUT2D eigenvalue weighted by Crippen LogP contribution is 2.42. The van der Waals surface area contributed by atoms with Gasteiger partial charge in [-0.25, -0.2) is 0 Å². The van der Waals surface area contributed by atoms with Gasteiger partial charge in [-0.05, 0) is 78.8 Å². The maximum absolute atomic E-state index is 6.47. The number of fused-ring (bicyclic) bond motifs is 2. The van der Waals surface area contributed by atoms with Crippen LogP contribution in [0.4, 0.5) is 0 Å². The molecule has 1 aromatic heterocycles. The second-order valence-corrected chi connectivity index (χ2v) is 11.7. The van der Waals surface area contributed by atoms with Crippen LogP contribution < -0.4 is 5.46 Å². The number of rotatable bonds is 4. The lowest BCUT2D eigenvalue weighted by Crippen LogP contribution is -2.41. The van der Waals surface area contributed by atoms with Crippen molar-refractivity contribution in [2.45, 2.75) is 38.9 Å². The van der Waals surface area contributed by atoms with Gasteiger partial charge in [-0.15, -0.1) is 0 Å². The molecular formula is C36H31BO3. The van der Waals surface area contributed by atoms with Crippen molar-refractivity contribution >= 4 is 34.3 Å². The second kappa shape index (κ2) is 9.23. The van der Waals surface area contributed by atoms with E-state index < -0.39 is 0 Å². The minimum absolute atomic E-state index is 0.360. The normalized spacial score (nSPS) is 16.1. The third-order valence-electron chi connectivity index (χ3n) is 8.51. The molecule has 7 rings (SSSR count). The topological polar surface area (TPSA) is 31.6 Å². The van der Waals surface area contributed by atoms with Gasteiger partial charge in [0.1, 0.15) is 11.3 Å². The molecule has 0 radical (unpaired) electrons. The Morgan fingerprint density at radius 3 is 1.80 bits per heavy atom. The van der Waals surface area contributed by atoms with Crippen LogP contribution in [0.2, 0.25) is 0 Å². The Kier molecular flexibility index (Phi) is 5.74. The van der Waals surface area contributed by atoms with Gasteiger partial charge in [0.2, 0.25) is 0 Å². The van der Waals surface area contributed by atoms with Crippen LogP contribution in [0.3, 0.4) is 0 Å². The quantitative estimate of drug-likeness (QED) is 0.217. The van der Waals surface area contributed by atoms with Crippen molar-refractivity contribution < 1.29 is 13.7 Å². The molecule has 0 N–H and O–H groups in total. The molecule has 0 atom stereocenters. The van der Waals surface area contributed by atoms with E-state index in [9.17, 15) is 0 Å². The highest BCUT2D eigenvalue weighted by molar-refractivity contribution is 6.62. The summed E-state index contributed by atoms with van der Waals surface area (Å²) >= 11 is 0. The maximum Gasteiger partial charge on any atom is 0.494 e. The van der Waals surface area contributed by atoms with Crippen LogP contribution in [-0.4, -0.2) is 18.3 Å². The first-order valence-corrected chi connectivity index (χ1v) is 13.9. The zero-order valence-corrected chi connectivity index (χ0v) is 23.3. The van der Waals surface area contributed by atoms with E-state index in [2.05, 4.69) is 131 Å². The monoisotopic (exact) mass is 522 g/mol. The maximum atomic E-state index is 6.47. The highest BCUT2D eigenvalue weighted by Gasteiger charge is 2.51. The average Bonchev–Trinajstić information content (AvgIpc) is 3.46. The van der Waals surface area contributed by atoms with Gasteiger partial charge in [0.15, 0.2) is 0 Å². The molecule has 0 saturated carbocycles. The lowest BCUT2D eigenvalue weighted by Gasteiger charge is -2.32. The first-order chi connectivity index (χ1) is 19.3. The van der Waals surface area contributed by atoms with Crippen molar-refractivity contribution in [1.29, 1.82) is 0 Å². The summed E-state index contributed by atoms with van der Waals surface area (Å²) in [5, 5.41) is 3.45. The van der Waals surface area contributed by atoms with Gasteiger partial charge in [-0.2, -0.15) is 0 Å². The molecule has 1 saturated heterocycles. The fourth-order valence-electron chi connectivity index (χ4n) is 5.53. The van der Waals surface area contributed by atoms with Crippen molar-refractivity contribution in [2.24, 2.45) is 0 Å². The SMILES string of the molecule is CC1(C)OB(c2ccc3cc(-c4ccc5oc(-c6ccccc6)c(-c6ccccc6)c5c4)ccc3c2)OC1(C)C. The summed E-state index contributed by atoms with van der Waals surface area (Å²) in [5.74, 6) is 0.896. The Morgan fingerprint density at radius 1 is 0.525 bits per heavy atom. The van der Waals surface area contributed by atoms with Crippen molar-refractivity contribution in [3.05, 3.63) is 115 Å². The average molecular weight is 522 g/mol. The smallest absolute Gasteiger partial charge is 0.455 e. The standard InChI is InChI=1S/C36H31BO3/c1-35(2)36(3,4)40-37(39-35)30-19-17-27-21-26(15-16-28(27)22-30)29-18-20-32-31(23-29)33(24-11-7-5-8-12-24)34(38-32)25-13-9-6-10-14-25/h5-23H,1-4H3. The van der Waals surface area contributed by atoms with E-state index in [4.69, 9.17) is 13.7 Å². The van der Waals surface area contributed by atoms with E-state index in [1.807, 2.05) is 12.1 Å². The molecule has 0 spiro atoms. The van der Waals surface area contributed by atoms with E-state index in [0.29, 0.717) is 0 Å². The van der Waals surface area contributed by atoms with Crippen molar-refractivity contribution in [2.75, 3.05) is 0 Å². The summed E-state index contributed by atoms with van der Waals surface area (Å²) in [4.78, 5) is 0. The Bertz CT molecular complexity index is 1840. The van der Waals surface area contributed by atoms with Crippen LogP contribution in [0.5, 0.6) is 0 Å². The first kappa shape index (κ1) is 24.9. The molecule has 196 valence electrons. The largest absolute Gasteiger partial charge is 0.494 e. The molecule has 40 heavy (non-hydrogen) atoms. The van der Waals surface area contributed by atoms with Crippen LogP contribution in [0.1, 0.15) is 27.7 Å². The van der Waals surface area contributed by atoms with Crippen LogP contribution in [0.15, 0.2) is 120 Å². The Balaban J connectivity index is 1.30. The molecule has 0 aliphatic carbocycles. The Hall–Kier alpha value is -4.12. The number of benzene rings is 5. The summed E-state index contributed by atoms with van der Waals surface area (Å²) < 4.78 is 19.0. The van der Waals surface area contributed by atoms with E-state index in [-0.39, 0.29) is 18.3 Å². The third kappa shape index (κ3) is 4.16. The van der Waals surface area contributed by atoms with Gasteiger partial charge < -0.3 is 13.7 Å². The van der Waals surface area contributed by atoms with E-state index in [0.717, 1.165) is 49.8 Å². The van der Waals surface area contributed by atoms with E-state index in [1.165, 1.54) is 10.9 Å². The highest BCUT2D eigenvalue weighted by atomic mass is 16.7. The third-order valence-corrected chi connectivity index (χ3v) is 8.51. The van der Waals surface area contributed by atoms with Gasteiger partial charge in [-0.1, -0.05) is 97.1 Å². The fourth-order valence-corrected chi connectivity index (χ4v) is 5.53. The molecule has 1 aliphatic rings. The summed E-state index contributed by atoms with van der Waals surface area (Å²) in [7, 11) is -0.368. The summed E-state index contributed by atoms with van der Waals surface area (Å²) in [6.45, 7) is 8.35. The van der Waals surface area contributed by atoms with Crippen molar-refractivity contribution in [1.82, 2.24) is 0 Å². The molecule has 2 heterocycles. The molecule has 4 heteroatoms. The second-order valence-electron chi connectivity index (χ2n) is 11.7. The van der Waals surface area contributed by atoms with Gasteiger partial charge in [0, 0.05) is 16.5 Å². The van der Waals surface area contributed by atoms with Gasteiger partial charge >= 0.3 is 7.12 Å². The predicted octanol–water partition coefficient (Wildman–Crippen LogP) is 8.89. The molecule has 0 bridgehead atoms. The van der Waals surface area contributed by atoms with E-state index in [1.54, 1.807) is 0 Å². The van der Waals surface area contributed by atoms with E-state index >= 15 is 0 Å². The van der Waals surface area contributed by atoms with Crippen LogP contribution >= 0.6 is 0 Å². The Labute approximate surface area is 235 Å². The lowest BCUT2D eigenvalue weighted by molar-refractivity contribution is 0.00578. The first-order valence-electron chi connectivity index (χ1n) is 13.9. The van der Waals surface area contributed by atoms with Gasteiger partial charge in [0.05, 0.1) is 11.2 Å². The zero-order chi connectivity index (χ0) is 27.5. The molecule has 6 aromatic rings. The van der Waals surface area contributed by atoms with Crippen LogP contribution in [-0.2, 0) is 9.31 Å². The van der Waals surface area contributed by atoms with Crippen molar-refractivity contribution in [3.63, 3.8) is 0 Å². The lowest BCUT2D eigenvalue weighted by atomic mass is 9.78. The minimum atomic E-state index is -0.368. The summed E-state index contributed by atoms with van der Waals surface area (Å²) in [5.41, 5.74) is 6.86. The van der Waals surface area contributed by atoms with Crippen LogP contribution in [0, 0.1) is 0 Å². The number of hydrogen-bond donors (Lipinski definition) is 0. The summed E-state index contributed by atoms with van der Waals surface area (Å²) in [6.07, 6.45) is 0. The Morgan fingerprint density at radius 2 is 1.10 bits per heavy atom. The molecule has 5 aromatic carbocycles. The van der Waals surface area contributed by atoms with Gasteiger partial charge in [0.25, 0.3) is 0 Å². The zero-order valence-electron chi connectivity index (χ0n) is 23.3. The minimum Gasteiger partial charge on any atom is -0.455 e. The van der Waals surface area contributed by atoms with Crippen LogP contribution in [0.25, 0.3) is 55.3 Å². The molecule has 0 amide bonds. The molecule has 1 aliphatic heterocycles. The molecule has 0 unspecified atom stereocenters. The molecule has 1 fully saturated rings.